The molecule has 1 aliphatic heterocycles. The first-order chi connectivity index (χ1) is 8.69. The van der Waals surface area contributed by atoms with Crippen LogP contribution in [0.3, 0.4) is 0 Å². The molecule has 3 rings (SSSR count). The molecule has 3 nitrogen and oxygen atoms in total. The summed E-state index contributed by atoms with van der Waals surface area (Å²) in [5.41, 5.74) is 1.09. The number of ether oxygens (including phenoxy) is 2. The number of fused-ring (bicyclic) bond motifs is 3. The highest BCUT2D eigenvalue weighted by molar-refractivity contribution is 5.93. The van der Waals surface area contributed by atoms with Gasteiger partial charge in [0.25, 0.3) is 0 Å². The van der Waals surface area contributed by atoms with E-state index >= 15 is 0 Å². The van der Waals surface area contributed by atoms with Crippen molar-refractivity contribution < 1.29 is 14.3 Å². The summed E-state index contributed by atoms with van der Waals surface area (Å²) < 4.78 is 11.0. The van der Waals surface area contributed by atoms with Gasteiger partial charge in [-0.15, -0.1) is 0 Å². The third kappa shape index (κ3) is 1.63. The van der Waals surface area contributed by atoms with Crippen molar-refractivity contribution in [2.75, 3.05) is 7.11 Å². The lowest BCUT2D eigenvalue weighted by molar-refractivity contribution is -0.122. The van der Waals surface area contributed by atoms with Crippen LogP contribution in [0, 0.1) is 0 Å². The Morgan fingerprint density at radius 1 is 1.33 bits per heavy atom. The zero-order chi connectivity index (χ0) is 12.7. The van der Waals surface area contributed by atoms with Crippen LogP contribution in [0.5, 0.6) is 11.5 Å². The fourth-order valence-electron chi connectivity index (χ4n) is 2.35. The van der Waals surface area contributed by atoms with Gasteiger partial charge in [-0.2, -0.15) is 0 Å². The van der Waals surface area contributed by atoms with Crippen molar-refractivity contribution >= 4 is 16.6 Å². The van der Waals surface area contributed by atoms with Crippen LogP contribution in [-0.4, -0.2) is 19.0 Å². The smallest absolute Gasteiger partial charge is 0.170 e. The zero-order valence-electron chi connectivity index (χ0n) is 10.4. The number of carbonyl (C=O) groups excluding carboxylic acids is 1. The molecule has 2 aromatic carbocycles. The fourth-order valence-corrected chi connectivity index (χ4v) is 2.35. The van der Waals surface area contributed by atoms with Crippen LogP contribution >= 0.6 is 0 Å². The Bertz CT molecular complexity index is 631. The normalized spacial score (nSPS) is 17.3. The molecule has 0 spiro atoms. The number of hydrogen-bond donors (Lipinski definition) is 0. The van der Waals surface area contributed by atoms with E-state index in [4.69, 9.17) is 9.47 Å². The Balaban J connectivity index is 2.16. The first kappa shape index (κ1) is 11.1. The molecule has 92 valence electrons. The van der Waals surface area contributed by atoms with Gasteiger partial charge in [0.15, 0.2) is 11.9 Å². The highest BCUT2D eigenvalue weighted by Crippen LogP contribution is 2.38. The number of hydrogen-bond acceptors (Lipinski definition) is 3. The average Bonchev–Trinajstić information content (AvgIpc) is 2.82. The summed E-state index contributed by atoms with van der Waals surface area (Å²) in [5.74, 6) is 1.69. The summed E-state index contributed by atoms with van der Waals surface area (Å²) in [4.78, 5) is 11.4. The quantitative estimate of drug-likeness (QED) is 0.812. The predicted octanol–water partition coefficient (Wildman–Crippen LogP) is 2.74. The molecule has 1 aliphatic rings. The lowest BCUT2D eigenvalue weighted by Crippen LogP contribution is -2.21. The number of methoxy groups -OCH3 is 1. The first-order valence-electron chi connectivity index (χ1n) is 5.96. The minimum atomic E-state index is -0.336. The van der Waals surface area contributed by atoms with Gasteiger partial charge >= 0.3 is 0 Å². The maximum Gasteiger partial charge on any atom is 0.170 e. The van der Waals surface area contributed by atoms with Crippen LogP contribution < -0.4 is 9.47 Å². The second kappa shape index (κ2) is 4.02. The highest BCUT2D eigenvalue weighted by Gasteiger charge is 2.27. The average molecular weight is 242 g/mol. The molecular formula is C15H14O3. The molecule has 1 atom stereocenters. The molecule has 0 saturated carbocycles. The molecule has 0 radical (unpaired) electrons. The Morgan fingerprint density at radius 3 is 2.83 bits per heavy atom. The molecule has 0 saturated heterocycles. The zero-order valence-corrected chi connectivity index (χ0v) is 10.4. The third-order valence-electron chi connectivity index (χ3n) is 3.38. The van der Waals surface area contributed by atoms with Gasteiger partial charge in [0, 0.05) is 11.8 Å². The van der Waals surface area contributed by atoms with Crippen molar-refractivity contribution in [2.45, 2.75) is 19.4 Å². The lowest BCUT2D eigenvalue weighted by atomic mass is 10.0. The van der Waals surface area contributed by atoms with Gasteiger partial charge in [-0.25, -0.2) is 0 Å². The number of ketones is 1. The minimum absolute atomic E-state index is 0.0715. The van der Waals surface area contributed by atoms with E-state index in [0.717, 1.165) is 27.8 Å². The van der Waals surface area contributed by atoms with E-state index in [2.05, 4.69) is 6.07 Å². The molecule has 1 heterocycles. The summed E-state index contributed by atoms with van der Waals surface area (Å²) in [6.07, 6.45) is 0.328. The Kier molecular flexibility index (Phi) is 2.47. The number of carbonyl (C=O) groups is 1. The van der Waals surface area contributed by atoms with Crippen molar-refractivity contribution in [3.8, 4) is 11.5 Å². The second-order valence-electron chi connectivity index (χ2n) is 4.56. The molecule has 18 heavy (non-hydrogen) atoms. The van der Waals surface area contributed by atoms with Gasteiger partial charge in [-0.05, 0) is 30.0 Å². The Hall–Kier alpha value is -2.03. The Labute approximate surface area is 105 Å². The SMILES string of the molecule is COc1ccc2ccc3c(c2c1)OC(C(C)=O)C3. The number of benzene rings is 2. The molecule has 0 aliphatic carbocycles. The third-order valence-corrected chi connectivity index (χ3v) is 3.38. The van der Waals surface area contributed by atoms with Gasteiger partial charge < -0.3 is 9.47 Å². The maximum atomic E-state index is 11.4. The van der Waals surface area contributed by atoms with Crippen molar-refractivity contribution in [1.82, 2.24) is 0 Å². The highest BCUT2D eigenvalue weighted by atomic mass is 16.5. The summed E-state index contributed by atoms with van der Waals surface area (Å²) in [7, 11) is 1.64. The van der Waals surface area contributed by atoms with Crippen LogP contribution in [0.25, 0.3) is 10.8 Å². The van der Waals surface area contributed by atoms with Gasteiger partial charge in [-0.1, -0.05) is 18.2 Å². The monoisotopic (exact) mass is 242 g/mol. The topological polar surface area (TPSA) is 35.5 Å². The van der Waals surface area contributed by atoms with Gasteiger partial charge in [0.05, 0.1) is 7.11 Å². The first-order valence-corrected chi connectivity index (χ1v) is 5.96. The van der Waals surface area contributed by atoms with Crippen molar-refractivity contribution in [1.29, 1.82) is 0 Å². The van der Waals surface area contributed by atoms with E-state index in [1.165, 1.54) is 0 Å². The summed E-state index contributed by atoms with van der Waals surface area (Å²) in [6, 6.07) is 9.97. The van der Waals surface area contributed by atoms with Crippen LogP contribution in [0.2, 0.25) is 0 Å². The molecule has 2 aromatic rings. The largest absolute Gasteiger partial charge is 0.497 e. The molecule has 0 N–H and O–H groups in total. The predicted molar refractivity (Wildman–Crippen MR) is 69.3 cm³/mol. The molecule has 1 unspecified atom stereocenters. The Morgan fingerprint density at radius 2 is 2.11 bits per heavy atom. The molecule has 0 bridgehead atoms. The van der Waals surface area contributed by atoms with Gasteiger partial charge in [0.1, 0.15) is 11.5 Å². The summed E-state index contributed by atoms with van der Waals surface area (Å²) in [6.45, 7) is 1.57. The maximum absolute atomic E-state index is 11.4. The van der Waals surface area contributed by atoms with Crippen molar-refractivity contribution in [3.05, 3.63) is 35.9 Å². The number of Topliss-reactive ketones (excluding diaryl/α,β-unsaturated/α-hetero) is 1. The lowest BCUT2D eigenvalue weighted by Gasteiger charge is -2.09. The summed E-state index contributed by atoms with van der Waals surface area (Å²) in [5, 5.41) is 2.11. The van der Waals surface area contributed by atoms with E-state index < -0.39 is 0 Å². The van der Waals surface area contributed by atoms with Crippen LogP contribution in [0.1, 0.15) is 12.5 Å². The standard InChI is InChI=1S/C15H14O3/c1-9(16)14-7-11-4-3-10-5-6-12(17-2)8-13(10)15(11)18-14/h3-6,8,14H,7H2,1-2H3. The van der Waals surface area contributed by atoms with E-state index in [1.54, 1.807) is 14.0 Å². The number of rotatable bonds is 2. The van der Waals surface area contributed by atoms with Gasteiger partial charge in [-0.3, -0.25) is 4.79 Å². The van der Waals surface area contributed by atoms with E-state index in [9.17, 15) is 4.79 Å². The minimum Gasteiger partial charge on any atom is -0.497 e. The van der Waals surface area contributed by atoms with Crippen LogP contribution in [-0.2, 0) is 11.2 Å². The van der Waals surface area contributed by atoms with E-state index in [0.29, 0.717) is 6.42 Å². The van der Waals surface area contributed by atoms with Crippen LogP contribution in [0.4, 0.5) is 0 Å². The van der Waals surface area contributed by atoms with Crippen molar-refractivity contribution in [3.63, 3.8) is 0 Å². The van der Waals surface area contributed by atoms with Gasteiger partial charge in [0.2, 0.25) is 0 Å². The molecular weight excluding hydrogens is 228 g/mol. The summed E-state index contributed by atoms with van der Waals surface area (Å²) >= 11 is 0. The van der Waals surface area contributed by atoms with E-state index in [1.807, 2.05) is 24.3 Å². The fraction of sp³-hybridized carbons (Fsp3) is 0.267. The molecule has 0 aromatic heterocycles. The van der Waals surface area contributed by atoms with Crippen LogP contribution in [0.15, 0.2) is 30.3 Å². The molecule has 0 amide bonds. The molecule has 0 fully saturated rings. The van der Waals surface area contributed by atoms with Crippen molar-refractivity contribution in [2.24, 2.45) is 0 Å². The second-order valence-corrected chi connectivity index (χ2v) is 4.56. The van der Waals surface area contributed by atoms with E-state index in [-0.39, 0.29) is 11.9 Å². The molecule has 3 heteroatoms.